The van der Waals surface area contributed by atoms with Gasteiger partial charge in [0.1, 0.15) is 0 Å². The Balaban J connectivity index is 0.000000110. The molecule has 0 fully saturated rings. The summed E-state index contributed by atoms with van der Waals surface area (Å²) in [5.41, 5.74) is 26.1. The van der Waals surface area contributed by atoms with Crippen LogP contribution in [0.1, 0.15) is 0 Å². The number of para-hydroxylation sites is 3. The predicted octanol–water partition coefficient (Wildman–Crippen LogP) is 31.0. The van der Waals surface area contributed by atoms with Crippen LogP contribution in [0.3, 0.4) is 0 Å². The molecular formula is C125H77N13. The Morgan fingerprint density at radius 3 is 0.739 bits per heavy atom. The molecule has 0 aliphatic carbocycles. The number of hydrogen-bond acceptors (Lipinski definition) is 13. The zero-order valence-electron chi connectivity index (χ0n) is 74.3. The monoisotopic (exact) mass is 1760 g/mol. The van der Waals surface area contributed by atoms with E-state index in [2.05, 4.69) is 301 Å². The van der Waals surface area contributed by atoms with Gasteiger partial charge in [-0.3, -0.25) is 24.9 Å². The Morgan fingerprint density at radius 2 is 0.384 bits per heavy atom. The summed E-state index contributed by atoms with van der Waals surface area (Å²) >= 11 is 0. The van der Waals surface area contributed by atoms with Crippen LogP contribution in [0.5, 0.6) is 0 Å². The number of pyridine rings is 8. The molecule has 27 rings (SSSR count). The van der Waals surface area contributed by atoms with Crippen molar-refractivity contribution in [1.29, 1.82) is 0 Å². The van der Waals surface area contributed by atoms with Gasteiger partial charge in [0.25, 0.3) is 0 Å². The number of benzene rings is 17. The fraction of sp³-hybridized carbons (Fsp3) is 0. The molecular weight excluding hydrogens is 1680 g/mol. The second-order valence-electron chi connectivity index (χ2n) is 34.3. The van der Waals surface area contributed by atoms with E-state index in [0.29, 0.717) is 23.3 Å². The van der Waals surface area contributed by atoms with Crippen molar-refractivity contribution in [1.82, 2.24) is 64.8 Å². The van der Waals surface area contributed by atoms with Gasteiger partial charge in [0.15, 0.2) is 23.3 Å². The van der Waals surface area contributed by atoms with Crippen LogP contribution in [0.2, 0.25) is 0 Å². The predicted molar refractivity (Wildman–Crippen MR) is 566 cm³/mol. The van der Waals surface area contributed by atoms with E-state index >= 15 is 0 Å². The van der Waals surface area contributed by atoms with Gasteiger partial charge >= 0.3 is 0 Å². The quantitative estimate of drug-likeness (QED) is 0.106. The molecule has 0 radical (unpaired) electrons. The first-order valence-electron chi connectivity index (χ1n) is 46.0. The molecule has 138 heavy (non-hydrogen) atoms. The van der Waals surface area contributed by atoms with Crippen LogP contribution in [0, 0.1) is 0 Å². The molecule has 0 atom stereocenters. The van der Waals surface area contributed by atoms with E-state index in [4.69, 9.17) is 54.8 Å². The van der Waals surface area contributed by atoms with E-state index in [1.54, 1.807) is 12.4 Å². The zero-order valence-corrected chi connectivity index (χ0v) is 74.3. The van der Waals surface area contributed by atoms with Gasteiger partial charge in [-0.25, -0.2) is 39.9 Å². The maximum absolute atomic E-state index is 5.30. The summed E-state index contributed by atoms with van der Waals surface area (Å²) in [5, 5.41) is 20.6. The highest BCUT2D eigenvalue weighted by Crippen LogP contribution is 2.48. The van der Waals surface area contributed by atoms with E-state index in [-0.39, 0.29) is 0 Å². The first kappa shape index (κ1) is 81.2. The van der Waals surface area contributed by atoms with Gasteiger partial charge in [0.05, 0.1) is 61.6 Å². The van der Waals surface area contributed by atoms with Crippen molar-refractivity contribution in [2.24, 2.45) is 0 Å². The average molecular weight is 1760 g/mol. The smallest absolute Gasteiger partial charge is 0.164 e. The zero-order chi connectivity index (χ0) is 91.4. The van der Waals surface area contributed by atoms with Gasteiger partial charge in [0.2, 0.25) is 0 Å². The van der Waals surface area contributed by atoms with Crippen LogP contribution in [-0.2, 0) is 0 Å². The molecule has 0 saturated heterocycles. The van der Waals surface area contributed by atoms with Crippen molar-refractivity contribution in [3.63, 3.8) is 0 Å². The Bertz CT molecular complexity index is 8380. The summed E-state index contributed by atoms with van der Waals surface area (Å²) in [4.78, 5) is 63.9. The van der Waals surface area contributed by atoms with Gasteiger partial charge in [-0.1, -0.05) is 352 Å². The molecule has 0 bridgehead atoms. The first-order valence-corrected chi connectivity index (χ1v) is 46.0. The first-order chi connectivity index (χ1) is 68.4. The van der Waals surface area contributed by atoms with Crippen LogP contribution >= 0.6 is 0 Å². The van der Waals surface area contributed by atoms with Crippen molar-refractivity contribution >= 4 is 130 Å². The molecule has 10 aromatic heterocycles. The lowest BCUT2D eigenvalue weighted by Gasteiger charge is -2.16. The lowest BCUT2D eigenvalue weighted by Crippen LogP contribution is -2.00. The maximum Gasteiger partial charge on any atom is 0.164 e. The van der Waals surface area contributed by atoms with Crippen LogP contribution in [0.4, 0.5) is 0 Å². The highest BCUT2D eigenvalue weighted by molar-refractivity contribution is 6.36. The lowest BCUT2D eigenvalue weighted by molar-refractivity contribution is 1.07. The summed E-state index contributed by atoms with van der Waals surface area (Å²) < 4.78 is 0. The lowest BCUT2D eigenvalue weighted by atomic mass is 9.91. The number of aromatic nitrogens is 13. The summed E-state index contributed by atoms with van der Waals surface area (Å²) in [6, 6.07) is 147. The molecule has 0 aliphatic rings. The molecule has 0 amide bonds. The number of rotatable bonds is 12. The average Bonchev–Trinajstić information content (AvgIpc) is 0.721. The second kappa shape index (κ2) is 35.0. The summed E-state index contributed by atoms with van der Waals surface area (Å²) in [5.74, 6) is 2.59. The number of fused-ring (bicyclic) bond motifs is 24. The third kappa shape index (κ3) is 14.9. The minimum absolute atomic E-state index is 0.623. The SMILES string of the molecule is c1ccc(-c2cc(-c3ccccc3)nc(-c3ccc(-c4nc5ccccc5c5c6ccccc6c6ncccc6c45)cc3)n2)cc1.c1ccc(-c2nc(-c3ccccc3)nc(-c3ccc(-c4nc5ccccc5c5c6cccnc6c6ccccc6c45)cc3)n2)cc1.c1cncc(-c2cc(-c3ccc(-c4nc5ccccc5c5c6ccccc6c6ncccc6c45)cc3)cc(-c3cccnc3)c2)c1. The normalized spacial score (nSPS) is 11.5. The minimum Gasteiger partial charge on any atom is -0.264 e. The maximum atomic E-state index is 5.30. The van der Waals surface area contributed by atoms with Gasteiger partial charge < -0.3 is 0 Å². The molecule has 0 saturated carbocycles. The van der Waals surface area contributed by atoms with Gasteiger partial charge in [-0.2, -0.15) is 0 Å². The third-order valence-corrected chi connectivity index (χ3v) is 26.1. The van der Waals surface area contributed by atoms with Crippen molar-refractivity contribution in [3.05, 3.63) is 468 Å². The number of hydrogen-bond donors (Lipinski definition) is 0. The van der Waals surface area contributed by atoms with Gasteiger partial charge in [-0.15, -0.1) is 0 Å². The molecule has 27 aromatic rings. The fourth-order valence-corrected chi connectivity index (χ4v) is 19.7. The Hall–Kier alpha value is -18.9. The van der Waals surface area contributed by atoms with E-state index in [0.717, 1.165) is 215 Å². The van der Waals surface area contributed by atoms with Crippen LogP contribution in [-0.4, -0.2) is 64.8 Å². The highest BCUT2D eigenvalue weighted by atomic mass is 15.0. The largest absolute Gasteiger partial charge is 0.264 e. The van der Waals surface area contributed by atoms with Crippen LogP contribution in [0.15, 0.2) is 468 Å². The van der Waals surface area contributed by atoms with Gasteiger partial charge in [-0.05, 0) is 111 Å². The Kier molecular flexibility index (Phi) is 20.6. The van der Waals surface area contributed by atoms with E-state index in [9.17, 15) is 0 Å². The van der Waals surface area contributed by atoms with Crippen molar-refractivity contribution in [2.75, 3.05) is 0 Å². The molecule has 642 valence electrons. The van der Waals surface area contributed by atoms with E-state index in [1.807, 2.05) is 164 Å². The summed E-state index contributed by atoms with van der Waals surface area (Å²) in [6.07, 6.45) is 13.1. The summed E-state index contributed by atoms with van der Waals surface area (Å²) in [7, 11) is 0. The standard InChI is InChI=1S/2C42H26N4.C41H25N5/c1-3-12-27(13-4-1)36-26-37(28-14-5-2-6-15-28)46-42(45-36)30-23-21-29(22-24-30)40-39-34-19-11-25-43-41(34)32-17-8-7-16-31(32)38(39)33-18-9-10-20-35(33)44-40;1-2-11-35-34(10-1)39-36-12-3-4-14-38(36)46-41(40(39)37-13-7-21-45-42(35)37)28-17-15-27(16-18-28)31-22-32(29-8-5-19-43-25-29)24-33(23-31)30-9-6-20-44-26-30;1-3-12-27(13-4-1)39-44-40(28-14-5-2-6-15-28)46-41(45-39)29-23-21-26(22-24-29)37-36-30-16-7-8-17-31(30)38-33(19-11-25-42-38)35(36)32-18-9-10-20-34(32)43-37/h2*1-26H;1-25H. The Labute approximate surface area is 792 Å². The van der Waals surface area contributed by atoms with Crippen LogP contribution in [0.25, 0.3) is 265 Å². The molecule has 0 spiro atoms. The molecule has 17 aromatic carbocycles. The van der Waals surface area contributed by atoms with E-state index < -0.39 is 0 Å². The van der Waals surface area contributed by atoms with Crippen molar-refractivity contribution in [2.45, 2.75) is 0 Å². The third-order valence-electron chi connectivity index (χ3n) is 26.1. The molecule has 13 nitrogen and oxygen atoms in total. The second-order valence-corrected chi connectivity index (χ2v) is 34.3. The van der Waals surface area contributed by atoms with Crippen molar-refractivity contribution < 1.29 is 0 Å². The van der Waals surface area contributed by atoms with Gasteiger partial charge in [0, 0.05) is 185 Å². The molecule has 10 heterocycles. The van der Waals surface area contributed by atoms with Crippen molar-refractivity contribution in [3.8, 4) is 135 Å². The Morgan fingerprint density at radius 1 is 0.138 bits per heavy atom. The molecule has 0 aliphatic heterocycles. The summed E-state index contributed by atoms with van der Waals surface area (Å²) in [6.45, 7) is 0. The number of nitrogens with zero attached hydrogens (tertiary/aromatic N) is 13. The molecule has 0 N–H and O–H groups in total. The van der Waals surface area contributed by atoms with Crippen LogP contribution < -0.4 is 0 Å². The van der Waals surface area contributed by atoms with E-state index in [1.165, 1.54) is 26.9 Å². The molecule has 0 unspecified atom stereocenters. The topological polar surface area (TPSA) is 168 Å². The highest BCUT2D eigenvalue weighted by Gasteiger charge is 2.25. The molecule has 13 heteroatoms. The fourth-order valence-electron chi connectivity index (χ4n) is 19.7. The minimum atomic E-state index is 0.623.